The average Bonchev–Trinajstić information content (AvgIpc) is 1.62. The number of aromatic nitrogens is 12. The van der Waals surface area contributed by atoms with Gasteiger partial charge in [-0.3, -0.25) is 0 Å². The van der Waals surface area contributed by atoms with Gasteiger partial charge >= 0.3 is 44.8 Å². The second-order valence-corrected chi connectivity index (χ2v) is 34.9. The topological polar surface area (TPSA) is 534 Å². The van der Waals surface area contributed by atoms with Crippen molar-refractivity contribution in [3.05, 3.63) is 208 Å². The Kier molecular flexibility index (Phi) is 31.9. The summed E-state index contributed by atoms with van der Waals surface area (Å²) in [7, 11) is 0. The van der Waals surface area contributed by atoms with E-state index in [-0.39, 0.29) is 122 Å². The number of carbonyl (C=O) groups excluding carboxylic acids is 6. The summed E-state index contributed by atoms with van der Waals surface area (Å²) in [5.74, 6) is -7.06. The van der Waals surface area contributed by atoms with Crippen LogP contribution >= 0.6 is 0 Å². The number of rotatable bonds is 24. The maximum Gasteiger partial charge on any atom is 3.00 e. The normalized spacial score (nSPS) is 14.5. The number of hydrogen-bond acceptors (Lipinski definition) is 24. The van der Waals surface area contributed by atoms with Crippen LogP contribution in [0.1, 0.15) is 332 Å². The van der Waals surface area contributed by atoms with Crippen molar-refractivity contribution >= 4 is 169 Å². The van der Waals surface area contributed by atoms with E-state index in [0.717, 1.165) is 150 Å². The number of carboxylic acids is 6. The van der Waals surface area contributed by atoms with E-state index in [4.69, 9.17) is 29.9 Å². The van der Waals surface area contributed by atoms with Crippen molar-refractivity contribution in [3.63, 3.8) is 0 Å². The molecule has 15 rings (SSSR count). The molecule has 9 aromatic heterocycles. The Balaban J connectivity index is 0.000000192. The molecule has 134 heavy (non-hydrogen) atoms. The number of carbonyl (C=O) groups is 6. The smallest absolute Gasteiger partial charge is 0.550 e. The first-order chi connectivity index (χ1) is 62.3. The van der Waals surface area contributed by atoms with Gasteiger partial charge in [-0.15, -0.1) is 0 Å². The molecular weight excluding hydrogens is 2080 g/mol. The molecule has 6 unspecified atom stereocenters. The summed E-state index contributed by atoms with van der Waals surface area (Å²) < 4.78 is 0. The molecule has 0 aliphatic carbocycles. The van der Waals surface area contributed by atoms with E-state index in [2.05, 4.69) is 29.9 Å². The second kappa shape index (κ2) is 41.8. The van der Waals surface area contributed by atoms with Crippen molar-refractivity contribution in [2.75, 3.05) is 0 Å². The van der Waals surface area contributed by atoms with E-state index in [9.17, 15) is 90.0 Å². The summed E-state index contributed by atoms with van der Waals surface area (Å²) in [6, 6.07) is 22.2. The van der Waals surface area contributed by atoms with Gasteiger partial charge in [0.2, 0.25) is 0 Å². The van der Waals surface area contributed by atoms with Crippen LogP contribution < -0.4 is 30.6 Å². The summed E-state index contributed by atoms with van der Waals surface area (Å²) in [5, 5.41) is 133. The number of allylic oxidation sites excluding steroid dienone is 12. The predicted octanol–water partition coefficient (Wildman–Crippen LogP) is 11.9. The van der Waals surface area contributed by atoms with Crippen molar-refractivity contribution < 1.29 is 135 Å². The van der Waals surface area contributed by atoms with Crippen LogP contribution in [0.4, 0.5) is 0 Å². The number of nitrogens with one attached hydrogen (secondary N) is 6. The van der Waals surface area contributed by atoms with Crippen molar-refractivity contribution in [2.45, 2.75) is 238 Å². The maximum absolute atomic E-state index is 11.4. The fraction of sp³-hybridized carbons (Fsp3) is 0.353. The van der Waals surface area contributed by atoms with Crippen LogP contribution in [-0.2, 0) is 73.5 Å². The molecule has 32 heteroatoms. The third-order valence-electron chi connectivity index (χ3n) is 25.9. The Hall–Kier alpha value is -12.1. The van der Waals surface area contributed by atoms with Gasteiger partial charge in [-0.25, -0.2) is 29.9 Å². The van der Waals surface area contributed by atoms with Crippen molar-refractivity contribution in [1.82, 2.24) is 59.8 Å². The average molecular weight is 2180 g/mol. The molecule has 6 atom stereocenters. The van der Waals surface area contributed by atoms with Crippen LogP contribution in [-0.4, -0.2) is 126 Å². The summed E-state index contributed by atoms with van der Waals surface area (Å²) >= 11 is 0. The Morgan fingerprint density at radius 3 is 0.485 bits per heavy atom. The zero-order chi connectivity index (χ0) is 96.1. The van der Waals surface area contributed by atoms with E-state index < -0.39 is 72.4 Å². The fourth-order valence-electron chi connectivity index (χ4n) is 18.9. The van der Waals surface area contributed by atoms with Gasteiger partial charge in [0.25, 0.3) is 0 Å². The molecule has 0 aromatic carbocycles. The number of hydrogen-bond donors (Lipinski definition) is 12. The molecule has 0 fully saturated rings. The van der Waals surface area contributed by atoms with Crippen molar-refractivity contribution in [2.24, 2.45) is 0 Å². The monoisotopic (exact) mass is 2180 g/mol. The minimum absolute atomic E-state index is 0. The molecule has 6 aliphatic rings. The van der Waals surface area contributed by atoms with Gasteiger partial charge < -0.3 is 120 Å². The van der Waals surface area contributed by atoms with Crippen LogP contribution in [0, 0.1) is 41.5 Å². The van der Waals surface area contributed by atoms with Crippen LogP contribution in [0.3, 0.4) is 0 Å². The number of aliphatic carboxylic acids is 6. The van der Waals surface area contributed by atoms with Gasteiger partial charge in [0, 0.05) is 135 Å². The zero-order valence-electron chi connectivity index (χ0n) is 77.7. The molecular formula is C102H108Au2N12O18. The summed E-state index contributed by atoms with van der Waals surface area (Å²) in [6.07, 6.45) is -4.76. The molecule has 706 valence electrons. The Bertz CT molecular complexity index is 6450. The number of carboxylic acid groups (broad SMARTS) is 6. The second-order valence-electron chi connectivity index (χ2n) is 34.9. The van der Waals surface area contributed by atoms with E-state index >= 15 is 0 Å². The molecule has 0 amide bonds. The summed E-state index contributed by atoms with van der Waals surface area (Å²) in [5.41, 5.74) is 33.8. The molecule has 0 saturated heterocycles. The number of H-pyrrole nitrogens is 6. The van der Waals surface area contributed by atoms with E-state index in [1.54, 1.807) is 59.7 Å². The fourth-order valence-corrected chi connectivity index (χ4v) is 18.9. The van der Waals surface area contributed by atoms with Gasteiger partial charge in [-0.2, -0.15) is 0 Å². The van der Waals surface area contributed by atoms with Crippen LogP contribution in [0.25, 0.3) is 133 Å². The number of aliphatic hydroxyl groups excluding tert-OH is 6. The molecule has 0 spiro atoms. The van der Waals surface area contributed by atoms with Crippen LogP contribution in [0.5, 0.6) is 0 Å². The minimum Gasteiger partial charge on any atom is -0.550 e. The third-order valence-corrected chi connectivity index (χ3v) is 25.9. The molecule has 30 nitrogen and oxygen atoms in total. The molecule has 12 N–H and O–H groups in total. The number of aromatic amines is 6. The van der Waals surface area contributed by atoms with E-state index in [1.165, 1.54) is 0 Å². The van der Waals surface area contributed by atoms with Crippen molar-refractivity contribution in [1.29, 1.82) is 0 Å². The van der Waals surface area contributed by atoms with Crippen molar-refractivity contribution in [3.8, 4) is 0 Å². The SMILES string of the molecule is CC1=C(CCC(=O)[O-])c2cc3nc(cc4[nH]c(cc5[nH]c(cc1n2)c(C)c5C(C)O)c(C)c4C(C)O)C(C)=C3CCC(=O)[O-].CC1=C(CCC(=O)[O-])c2cc3nc(cc4[nH]c(cc5[nH]c(cc1n2)c(C)c5C(C)O)c(C)c4C(C)O)C(C)=C3CCC(=O)[O-].CC1=C(CCC(=O)[O-])c2cc3nc(cc4[nH]c(cc5[nH]c(cc1n2)c(C)c5C(C)O)c(C)c4C(C)O)C(C)=C3CCC(=O)[O-].[Au+3].[Au+3]. The first-order valence-electron chi connectivity index (χ1n) is 44.0. The summed E-state index contributed by atoms with van der Waals surface area (Å²) in [6.45, 7) is 33.0. The first-order valence-corrected chi connectivity index (χ1v) is 44.0. The standard InChI is InChI=1S/3C34H38N4O6.2Au/c3*1-15-21(7-9-31(41)42)27-14-28-22(8-10-32(43)44)16(2)24(36-28)12-29-34(20(6)40)18(4)26(38-29)13-30-33(19(5)39)17(3)25(37-30)11-23(15)35-27;;/h3*11-14,19-20,37-40H,7-10H2,1-6H3,(H,41,42)(H,43,44);;/q;;;2*+3/p-6. The van der Waals surface area contributed by atoms with Gasteiger partial charge in [-0.1, -0.05) is 0 Å². The number of aryl methyl sites for hydroxylation is 6. The molecule has 9 aromatic rings. The quantitative estimate of drug-likeness (QED) is 0.0250. The third kappa shape index (κ3) is 21.3. The van der Waals surface area contributed by atoms with Gasteiger partial charge in [0.05, 0.1) is 105 Å². The zero-order valence-corrected chi connectivity index (χ0v) is 82.1. The van der Waals surface area contributed by atoms with Gasteiger partial charge in [-0.05, 0) is 375 Å². The number of fused-ring (bicyclic) bond motifs is 24. The first kappa shape index (κ1) is 102. The number of aliphatic hydroxyl groups is 6. The van der Waals surface area contributed by atoms with E-state index in [0.29, 0.717) is 118 Å². The molecule has 0 radical (unpaired) electrons. The maximum atomic E-state index is 11.4. The molecule has 15 heterocycles. The van der Waals surface area contributed by atoms with E-state index in [1.807, 2.05) is 138 Å². The van der Waals surface area contributed by atoms with Gasteiger partial charge in [0.1, 0.15) is 0 Å². The predicted molar refractivity (Wildman–Crippen MR) is 496 cm³/mol. The Labute approximate surface area is 804 Å². The molecule has 0 saturated carbocycles. The Morgan fingerprint density at radius 1 is 0.224 bits per heavy atom. The largest absolute Gasteiger partial charge is 3.00 e. The summed E-state index contributed by atoms with van der Waals surface area (Å²) in [4.78, 5) is 119. The minimum atomic E-state index is -1.18. The van der Waals surface area contributed by atoms with Crippen LogP contribution in [0.2, 0.25) is 0 Å². The van der Waals surface area contributed by atoms with Gasteiger partial charge in [0.15, 0.2) is 0 Å². The molecule has 24 bridgehead atoms. The molecule has 6 aliphatic heterocycles. The number of nitrogens with zero attached hydrogens (tertiary/aromatic N) is 6. The van der Waals surface area contributed by atoms with Crippen LogP contribution in [0.15, 0.2) is 72.8 Å². The Morgan fingerprint density at radius 2 is 0.351 bits per heavy atom.